The summed E-state index contributed by atoms with van der Waals surface area (Å²) in [7, 11) is 1.66. The Morgan fingerprint density at radius 2 is 1.81 bits per heavy atom. The van der Waals surface area contributed by atoms with Gasteiger partial charge in [0.25, 0.3) is 0 Å². The van der Waals surface area contributed by atoms with Crippen LogP contribution in [0, 0.1) is 12.8 Å². The SMILES string of the molecule is COc1ccc(CC(CO)Cc2ccc(C)cc2Cl)cc1. The predicted octanol–water partition coefficient (Wildman–Crippen LogP) is 4.05. The van der Waals surface area contributed by atoms with Crippen LogP contribution in [0.15, 0.2) is 42.5 Å². The number of rotatable bonds is 6. The van der Waals surface area contributed by atoms with E-state index in [0.29, 0.717) is 0 Å². The van der Waals surface area contributed by atoms with Crippen molar-refractivity contribution >= 4 is 11.6 Å². The van der Waals surface area contributed by atoms with E-state index >= 15 is 0 Å². The van der Waals surface area contributed by atoms with E-state index in [1.807, 2.05) is 43.3 Å². The van der Waals surface area contributed by atoms with Gasteiger partial charge in [0.15, 0.2) is 0 Å². The van der Waals surface area contributed by atoms with Gasteiger partial charge >= 0.3 is 0 Å². The molecule has 0 heterocycles. The van der Waals surface area contributed by atoms with Crippen LogP contribution in [0.5, 0.6) is 5.75 Å². The van der Waals surface area contributed by atoms with Gasteiger partial charge in [-0.2, -0.15) is 0 Å². The van der Waals surface area contributed by atoms with Crippen molar-refractivity contribution in [2.75, 3.05) is 13.7 Å². The highest BCUT2D eigenvalue weighted by Gasteiger charge is 2.12. The fourth-order valence-electron chi connectivity index (χ4n) is 2.43. The number of hydrogen-bond acceptors (Lipinski definition) is 2. The molecule has 0 saturated carbocycles. The molecule has 0 amide bonds. The molecule has 2 aromatic rings. The monoisotopic (exact) mass is 304 g/mol. The van der Waals surface area contributed by atoms with Crippen molar-refractivity contribution in [3.8, 4) is 5.75 Å². The molecule has 0 bridgehead atoms. The largest absolute Gasteiger partial charge is 0.497 e. The minimum atomic E-state index is 0.149. The smallest absolute Gasteiger partial charge is 0.118 e. The maximum atomic E-state index is 9.63. The number of aliphatic hydroxyl groups is 1. The maximum absolute atomic E-state index is 9.63. The molecule has 0 aliphatic heterocycles. The molecule has 3 heteroatoms. The summed E-state index contributed by atoms with van der Waals surface area (Å²) in [6.07, 6.45) is 1.60. The highest BCUT2D eigenvalue weighted by Crippen LogP contribution is 2.23. The van der Waals surface area contributed by atoms with Crippen LogP contribution in [0.3, 0.4) is 0 Å². The minimum absolute atomic E-state index is 0.149. The summed E-state index contributed by atoms with van der Waals surface area (Å²) in [6.45, 7) is 2.17. The number of aryl methyl sites for hydroxylation is 1. The zero-order valence-electron chi connectivity index (χ0n) is 12.5. The summed E-state index contributed by atoms with van der Waals surface area (Å²) in [6, 6.07) is 14.1. The zero-order chi connectivity index (χ0) is 15.2. The molecule has 2 rings (SSSR count). The van der Waals surface area contributed by atoms with Gasteiger partial charge in [0.05, 0.1) is 7.11 Å². The van der Waals surface area contributed by atoms with Crippen molar-refractivity contribution in [2.24, 2.45) is 5.92 Å². The zero-order valence-corrected chi connectivity index (χ0v) is 13.2. The van der Waals surface area contributed by atoms with Crippen LogP contribution < -0.4 is 4.74 Å². The molecule has 1 unspecified atom stereocenters. The van der Waals surface area contributed by atoms with E-state index in [4.69, 9.17) is 16.3 Å². The number of ether oxygens (including phenoxy) is 1. The second-order valence-corrected chi connectivity index (χ2v) is 5.81. The molecule has 112 valence electrons. The first-order valence-corrected chi connectivity index (χ1v) is 7.49. The quantitative estimate of drug-likeness (QED) is 0.872. The van der Waals surface area contributed by atoms with Crippen LogP contribution in [-0.4, -0.2) is 18.8 Å². The molecule has 0 aliphatic carbocycles. The van der Waals surface area contributed by atoms with Gasteiger partial charge in [0.1, 0.15) is 5.75 Å². The summed E-state index contributed by atoms with van der Waals surface area (Å²) in [4.78, 5) is 0. The van der Waals surface area contributed by atoms with E-state index in [9.17, 15) is 5.11 Å². The molecule has 0 spiro atoms. The average Bonchev–Trinajstić information content (AvgIpc) is 2.49. The lowest BCUT2D eigenvalue weighted by Gasteiger charge is -2.16. The maximum Gasteiger partial charge on any atom is 0.118 e. The number of halogens is 1. The third kappa shape index (κ3) is 4.48. The normalized spacial score (nSPS) is 12.2. The van der Waals surface area contributed by atoms with Gasteiger partial charge in [0, 0.05) is 11.6 Å². The molecule has 0 saturated heterocycles. The van der Waals surface area contributed by atoms with Crippen molar-refractivity contribution in [1.82, 2.24) is 0 Å². The Balaban J connectivity index is 2.05. The predicted molar refractivity (Wildman–Crippen MR) is 87.2 cm³/mol. The third-order valence-electron chi connectivity index (χ3n) is 3.66. The Hall–Kier alpha value is -1.51. The first-order valence-electron chi connectivity index (χ1n) is 7.11. The van der Waals surface area contributed by atoms with E-state index in [1.165, 1.54) is 5.56 Å². The van der Waals surface area contributed by atoms with Gasteiger partial charge < -0.3 is 9.84 Å². The van der Waals surface area contributed by atoms with Gasteiger partial charge in [-0.3, -0.25) is 0 Å². The van der Waals surface area contributed by atoms with Crippen LogP contribution in [0.25, 0.3) is 0 Å². The molecular weight excluding hydrogens is 284 g/mol. The topological polar surface area (TPSA) is 29.5 Å². The lowest BCUT2D eigenvalue weighted by molar-refractivity contribution is 0.225. The summed E-state index contributed by atoms with van der Waals surface area (Å²) < 4.78 is 5.16. The number of benzene rings is 2. The molecule has 0 radical (unpaired) electrons. The number of methoxy groups -OCH3 is 1. The van der Waals surface area contributed by atoms with Gasteiger partial charge in [0.2, 0.25) is 0 Å². The lowest BCUT2D eigenvalue weighted by Crippen LogP contribution is -2.13. The van der Waals surface area contributed by atoms with Crippen LogP contribution in [0.4, 0.5) is 0 Å². The molecule has 0 aromatic heterocycles. The average molecular weight is 305 g/mol. The van der Waals surface area contributed by atoms with Crippen molar-refractivity contribution < 1.29 is 9.84 Å². The Morgan fingerprint density at radius 3 is 2.38 bits per heavy atom. The lowest BCUT2D eigenvalue weighted by atomic mass is 9.93. The van der Waals surface area contributed by atoms with E-state index < -0.39 is 0 Å². The minimum Gasteiger partial charge on any atom is -0.497 e. The number of aliphatic hydroxyl groups excluding tert-OH is 1. The van der Waals surface area contributed by atoms with E-state index in [-0.39, 0.29) is 12.5 Å². The van der Waals surface area contributed by atoms with Gasteiger partial charge in [-0.15, -0.1) is 0 Å². The summed E-state index contributed by atoms with van der Waals surface area (Å²) in [5.41, 5.74) is 3.44. The van der Waals surface area contributed by atoms with Crippen LogP contribution in [-0.2, 0) is 12.8 Å². The summed E-state index contributed by atoms with van der Waals surface area (Å²) in [5.74, 6) is 1.01. The van der Waals surface area contributed by atoms with Gasteiger partial charge in [-0.1, -0.05) is 35.9 Å². The van der Waals surface area contributed by atoms with E-state index in [1.54, 1.807) is 7.11 Å². The summed E-state index contributed by atoms with van der Waals surface area (Å²) >= 11 is 6.27. The molecular formula is C18H21ClO2. The van der Waals surface area contributed by atoms with Crippen molar-refractivity contribution in [1.29, 1.82) is 0 Å². The van der Waals surface area contributed by atoms with E-state index in [0.717, 1.165) is 34.7 Å². The molecule has 0 fully saturated rings. The van der Waals surface area contributed by atoms with Crippen molar-refractivity contribution in [3.05, 3.63) is 64.2 Å². The molecule has 1 N–H and O–H groups in total. The van der Waals surface area contributed by atoms with Gasteiger partial charge in [-0.05, 0) is 60.6 Å². The fraction of sp³-hybridized carbons (Fsp3) is 0.333. The Kier molecular flexibility index (Phi) is 5.66. The fourth-order valence-corrected chi connectivity index (χ4v) is 2.74. The molecule has 2 nitrogen and oxygen atoms in total. The first kappa shape index (κ1) is 15.9. The van der Waals surface area contributed by atoms with Crippen molar-refractivity contribution in [3.63, 3.8) is 0 Å². The molecule has 1 atom stereocenters. The molecule has 21 heavy (non-hydrogen) atoms. The summed E-state index contributed by atoms with van der Waals surface area (Å²) in [5, 5.41) is 10.4. The highest BCUT2D eigenvalue weighted by molar-refractivity contribution is 6.31. The third-order valence-corrected chi connectivity index (χ3v) is 4.01. The second kappa shape index (κ2) is 7.48. The Labute approximate surface area is 131 Å². The van der Waals surface area contributed by atoms with Crippen LogP contribution >= 0.6 is 11.6 Å². The standard InChI is InChI=1S/C18H21ClO2/c1-13-3-6-16(18(19)9-13)11-15(12-20)10-14-4-7-17(21-2)8-5-14/h3-9,15,20H,10-12H2,1-2H3. The van der Waals surface area contributed by atoms with E-state index in [2.05, 4.69) is 6.07 Å². The molecule has 0 aliphatic rings. The van der Waals surface area contributed by atoms with Gasteiger partial charge in [-0.25, -0.2) is 0 Å². The highest BCUT2D eigenvalue weighted by atomic mass is 35.5. The first-order chi connectivity index (χ1) is 10.1. The van der Waals surface area contributed by atoms with Crippen molar-refractivity contribution in [2.45, 2.75) is 19.8 Å². The second-order valence-electron chi connectivity index (χ2n) is 5.40. The Bertz CT molecular complexity index is 578. The Morgan fingerprint density at radius 1 is 1.10 bits per heavy atom. The number of hydrogen-bond donors (Lipinski definition) is 1. The van der Waals surface area contributed by atoms with Crippen LogP contribution in [0.2, 0.25) is 5.02 Å². The molecule has 2 aromatic carbocycles. The van der Waals surface area contributed by atoms with Crippen LogP contribution in [0.1, 0.15) is 16.7 Å².